The van der Waals surface area contributed by atoms with Gasteiger partial charge in [-0.05, 0) is 54.2 Å². The average Bonchev–Trinajstić information content (AvgIpc) is 2.47. The van der Waals surface area contributed by atoms with Crippen molar-refractivity contribution in [1.29, 1.82) is 0 Å². The van der Waals surface area contributed by atoms with Crippen LogP contribution in [0, 0.1) is 0 Å². The largest absolute Gasteiger partial charge is 0.508 e. The average molecular weight is 246 g/mol. The maximum atomic E-state index is 12.7. The van der Waals surface area contributed by atoms with Gasteiger partial charge in [0.25, 0.3) is 0 Å². The molecular weight excluding hydrogens is 235 g/mol. The van der Waals surface area contributed by atoms with Crippen molar-refractivity contribution in [2.24, 2.45) is 0 Å². The van der Waals surface area contributed by atoms with E-state index in [9.17, 15) is 14.8 Å². The first-order valence-electron chi connectivity index (χ1n) is 5.25. The summed E-state index contributed by atoms with van der Waals surface area (Å²) < 4.78 is 12.7. The Hall–Kier alpha value is -1.73. The van der Waals surface area contributed by atoms with Crippen LogP contribution in [0.25, 0.3) is 11.1 Å². The highest BCUT2D eigenvalue weighted by atomic mass is 31.2. The molecule has 0 unspecified atom stereocenters. The number of hydrogen-bond donors (Lipinski definition) is 2. The lowest BCUT2D eigenvalue weighted by atomic mass is 10.1. The van der Waals surface area contributed by atoms with Crippen molar-refractivity contribution >= 4 is 17.8 Å². The van der Waals surface area contributed by atoms with Crippen LogP contribution in [0.3, 0.4) is 0 Å². The van der Waals surface area contributed by atoms with Gasteiger partial charge in [0.15, 0.2) is 0 Å². The van der Waals surface area contributed by atoms with Crippen LogP contribution < -0.4 is 10.6 Å². The quantitative estimate of drug-likeness (QED) is 0.699. The van der Waals surface area contributed by atoms with Crippen molar-refractivity contribution in [3.05, 3.63) is 36.4 Å². The third-order valence-electron chi connectivity index (χ3n) is 3.17. The van der Waals surface area contributed by atoms with Crippen LogP contribution in [-0.4, -0.2) is 16.9 Å². The maximum Gasteiger partial charge on any atom is 0.141 e. The summed E-state index contributed by atoms with van der Waals surface area (Å²) in [4.78, 5) is 0. The molecule has 3 nitrogen and oxygen atoms in total. The van der Waals surface area contributed by atoms with Gasteiger partial charge in [-0.1, -0.05) is 0 Å². The van der Waals surface area contributed by atoms with Crippen LogP contribution >= 0.6 is 7.14 Å². The molecule has 0 bridgehead atoms. The Morgan fingerprint density at radius 3 is 1.71 bits per heavy atom. The van der Waals surface area contributed by atoms with Crippen LogP contribution in [0.15, 0.2) is 36.4 Å². The molecule has 0 saturated heterocycles. The van der Waals surface area contributed by atoms with E-state index in [1.807, 2.05) is 0 Å². The molecule has 0 saturated carbocycles. The third kappa shape index (κ3) is 1.32. The highest BCUT2D eigenvalue weighted by Crippen LogP contribution is 2.51. The van der Waals surface area contributed by atoms with E-state index in [0.717, 1.165) is 21.7 Å². The predicted molar refractivity (Wildman–Crippen MR) is 68.0 cm³/mol. The van der Waals surface area contributed by atoms with Gasteiger partial charge in [0.05, 0.1) is 0 Å². The van der Waals surface area contributed by atoms with Crippen molar-refractivity contribution in [2.75, 3.05) is 6.66 Å². The number of fused-ring (bicyclic) bond motifs is 3. The summed E-state index contributed by atoms with van der Waals surface area (Å²) in [6.45, 7) is 1.71. The van der Waals surface area contributed by atoms with Crippen molar-refractivity contribution < 1.29 is 14.8 Å². The Morgan fingerprint density at radius 2 is 1.29 bits per heavy atom. The number of hydrogen-bond acceptors (Lipinski definition) is 3. The minimum Gasteiger partial charge on any atom is -0.508 e. The molecule has 0 fully saturated rings. The normalized spacial score (nSPS) is 15.4. The molecule has 2 aromatic rings. The van der Waals surface area contributed by atoms with Crippen LogP contribution in [0.4, 0.5) is 0 Å². The van der Waals surface area contributed by atoms with Gasteiger partial charge in [-0.25, -0.2) is 0 Å². The Kier molecular flexibility index (Phi) is 1.93. The Balaban J connectivity index is 2.44. The van der Waals surface area contributed by atoms with Gasteiger partial charge < -0.3 is 14.8 Å². The first kappa shape index (κ1) is 10.4. The molecule has 1 aliphatic rings. The number of phenols is 2. The van der Waals surface area contributed by atoms with Crippen LogP contribution in [-0.2, 0) is 4.57 Å². The first-order chi connectivity index (χ1) is 8.00. The van der Waals surface area contributed by atoms with Gasteiger partial charge in [0, 0.05) is 10.6 Å². The van der Waals surface area contributed by atoms with E-state index in [1.54, 1.807) is 43.1 Å². The fourth-order valence-corrected chi connectivity index (χ4v) is 4.62. The standard InChI is InChI=1S/C13H11O3P/c1-17(16)12-4-2-8(14)6-10(12)11-7-9(15)3-5-13(11)17/h2-7,14-15H,1H3. The van der Waals surface area contributed by atoms with Crippen LogP contribution in [0.2, 0.25) is 0 Å². The predicted octanol–water partition coefficient (Wildman–Crippen LogP) is 2.02. The fraction of sp³-hybridized carbons (Fsp3) is 0.0769. The lowest BCUT2D eigenvalue weighted by Crippen LogP contribution is -2.07. The van der Waals surface area contributed by atoms with Crippen molar-refractivity contribution in [1.82, 2.24) is 0 Å². The lowest BCUT2D eigenvalue weighted by Gasteiger charge is -2.07. The molecule has 0 atom stereocenters. The maximum absolute atomic E-state index is 12.7. The van der Waals surface area contributed by atoms with Gasteiger partial charge in [0.1, 0.15) is 18.6 Å². The van der Waals surface area contributed by atoms with Gasteiger partial charge in [-0.2, -0.15) is 0 Å². The van der Waals surface area contributed by atoms with Gasteiger partial charge >= 0.3 is 0 Å². The van der Waals surface area contributed by atoms with E-state index in [0.29, 0.717) is 0 Å². The second kappa shape index (κ2) is 3.14. The Morgan fingerprint density at radius 1 is 0.882 bits per heavy atom. The molecule has 0 amide bonds. The molecule has 2 N–H and O–H groups in total. The zero-order valence-corrected chi connectivity index (χ0v) is 10.1. The van der Waals surface area contributed by atoms with Crippen LogP contribution in [0.1, 0.15) is 0 Å². The molecular formula is C13H11O3P. The van der Waals surface area contributed by atoms with E-state index in [1.165, 1.54) is 0 Å². The highest BCUT2D eigenvalue weighted by Gasteiger charge is 2.34. The Bertz CT molecular complexity index is 621. The van der Waals surface area contributed by atoms with E-state index in [2.05, 4.69) is 0 Å². The third-order valence-corrected chi connectivity index (χ3v) is 5.79. The number of aromatic hydroxyl groups is 2. The van der Waals surface area contributed by atoms with Crippen molar-refractivity contribution in [3.63, 3.8) is 0 Å². The smallest absolute Gasteiger partial charge is 0.141 e. The van der Waals surface area contributed by atoms with E-state index in [-0.39, 0.29) is 11.5 Å². The zero-order valence-electron chi connectivity index (χ0n) is 9.21. The summed E-state index contributed by atoms with van der Waals surface area (Å²) in [6, 6.07) is 9.67. The lowest BCUT2D eigenvalue weighted by molar-refractivity contribution is 0.474. The minimum absolute atomic E-state index is 0.139. The summed E-state index contributed by atoms with van der Waals surface area (Å²) in [7, 11) is -2.59. The first-order valence-corrected chi connectivity index (χ1v) is 7.40. The summed E-state index contributed by atoms with van der Waals surface area (Å²) in [6.07, 6.45) is 0. The molecule has 0 aliphatic carbocycles. The van der Waals surface area contributed by atoms with E-state index in [4.69, 9.17) is 0 Å². The van der Waals surface area contributed by atoms with E-state index >= 15 is 0 Å². The van der Waals surface area contributed by atoms with Crippen LogP contribution in [0.5, 0.6) is 11.5 Å². The molecule has 1 aliphatic heterocycles. The molecule has 17 heavy (non-hydrogen) atoms. The number of benzene rings is 2. The SMILES string of the molecule is CP1(=O)c2ccc(O)cc2-c2cc(O)ccc21. The molecule has 2 aromatic carbocycles. The number of rotatable bonds is 0. The topological polar surface area (TPSA) is 57.5 Å². The highest BCUT2D eigenvalue weighted by molar-refractivity contribution is 7.79. The molecule has 0 spiro atoms. The van der Waals surface area contributed by atoms with Gasteiger partial charge in [0.2, 0.25) is 0 Å². The molecule has 4 heteroatoms. The Labute approximate surface area is 98.7 Å². The zero-order chi connectivity index (χ0) is 12.2. The molecule has 3 rings (SSSR count). The monoisotopic (exact) mass is 246 g/mol. The molecule has 86 valence electrons. The summed E-state index contributed by atoms with van der Waals surface area (Å²) >= 11 is 0. The summed E-state index contributed by atoms with van der Waals surface area (Å²) in [5.41, 5.74) is 1.50. The van der Waals surface area contributed by atoms with E-state index < -0.39 is 7.14 Å². The summed E-state index contributed by atoms with van der Waals surface area (Å²) in [5.74, 6) is 0.278. The molecule has 0 aromatic heterocycles. The molecule has 0 radical (unpaired) electrons. The second-order valence-electron chi connectivity index (χ2n) is 4.33. The fourth-order valence-electron chi connectivity index (χ4n) is 2.35. The number of phenolic OH excluding ortho intramolecular Hbond substituents is 2. The van der Waals surface area contributed by atoms with Gasteiger partial charge in [-0.3, -0.25) is 0 Å². The van der Waals surface area contributed by atoms with Crippen molar-refractivity contribution in [2.45, 2.75) is 0 Å². The second-order valence-corrected chi connectivity index (χ2v) is 7.14. The van der Waals surface area contributed by atoms with Gasteiger partial charge in [-0.15, -0.1) is 0 Å². The van der Waals surface area contributed by atoms with Crippen molar-refractivity contribution in [3.8, 4) is 22.6 Å². The summed E-state index contributed by atoms with van der Waals surface area (Å²) in [5, 5.41) is 20.5. The molecule has 1 heterocycles. The minimum atomic E-state index is -2.59.